The largest absolute Gasteiger partial charge is 0.487 e. The number of hydrogen-bond donors (Lipinski definition) is 0. The second kappa shape index (κ2) is 5.12. The highest BCUT2D eigenvalue weighted by Gasteiger charge is 2.42. The SMILES string of the molecule is CC(C)N1CCN2c3occ(C(F)(F)F)c3OCCC2C1. The number of alkyl halides is 3. The smallest absolute Gasteiger partial charge is 0.423 e. The van der Waals surface area contributed by atoms with Gasteiger partial charge in [-0.15, -0.1) is 0 Å². The van der Waals surface area contributed by atoms with Crippen molar-refractivity contribution < 1.29 is 22.3 Å². The molecule has 0 aromatic carbocycles. The van der Waals surface area contributed by atoms with E-state index in [1.54, 1.807) is 0 Å². The number of furan rings is 1. The van der Waals surface area contributed by atoms with E-state index < -0.39 is 11.7 Å². The molecule has 1 aromatic rings. The zero-order valence-corrected chi connectivity index (χ0v) is 12.1. The average molecular weight is 304 g/mol. The average Bonchev–Trinajstić information content (AvgIpc) is 2.74. The molecule has 118 valence electrons. The maximum absolute atomic E-state index is 13.0. The minimum Gasteiger partial charge on any atom is -0.487 e. The van der Waals surface area contributed by atoms with Crippen LogP contribution in [-0.2, 0) is 6.18 Å². The molecule has 21 heavy (non-hydrogen) atoms. The lowest BCUT2D eigenvalue weighted by atomic mass is 10.1. The molecule has 3 rings (SSSR count). The van der Waals surface area contributed by atoms with Gasteiger partial charge in [-0.1, -0.05) is 0 Å². The number of hydrogen-bond acceptors (Lipinski definition) is 4. The van der Waals surface area contributed by atoms with Crippen molar-refractivity contribution in [2.45, 2.75) is 38.5 Å². The van der Waals surface area contributed by atoms with Gasteiger partial charge >= 0.3 is 6.18 Å². The molecule has 0 radical (unpaired) electrons. The summed E-state index contributed by atoms with van der Waals surface area (Å²) in [5.74, 6) is 0.0798. The van der Waals surface area contributed by atoms with Gasteiger partial charge in [0.2, 0.25) is 5.88 Å². The third-order valence-electron chi connectivity index (χ3n) is 4.24. The van der Waals surface area contributed by atoms with E-state index in [4.69, 9.17) is 9.15 Å². The van der Waals surface area contributed by atoms with Gasteiger partial charge < -0.3 is 14.1 Å². The standard InChI is InChI=1S/C14H19F3N2O2/c1-9(2)18-4-5-19-10(7-18)3-6-20-12-11(14(15,16)17)8-21-13(12)19/h8-10H,3-7H2,1-2H3. The van der Waals surface area contributed by atoms with Crippen molar-refractivity contribution >= 4 is 5.88 Å². The zero-order valence-electron chi connectivity index (χ0n) is 12.1. The Labute approximate surface area is 121 Å². The predicted octanol–water partition coefficient (Wildman–Crippen LogP) is 2.98. The van der Waals surface area contributed by atoms with Crippen molar-refractivity contribution in [2.75, 3.05) is 31.1 Å². The van der Waals surface area contributed by atoms with Crippen molar-refractivity contribution in [1.82, 2.24) is 4.90 Å². The molecule has 0 amide bonds. The second-order valence-electron chi connectivity index (χ2n) is 5.85. The summed E-state index contributed by atoms with van der Waals surface area (Å²) in [6, 6.07) is 0.563. The van der Waals surface area contributed by atoms with Crippen LogP contribution in [0.5, 0.6) is 5.75 Å². The summed E-state index contributed by atoms with van der Waals surface area (Å²) >= 11 is 0. The lowest BCUT2D eigenvalue weighted by Crippen LogP contribution is -2.54. The first-order valence-corrected chi connectivity index (χ1v) is 7.20. The van der Waals surface area contributed by atoms with E-state index in [-0.39, 0.29) is 24.3 Å². The molecule has 0 saturated carbocycles. The lowest BCUT2D eigenvalue weighted by molar-refractivity contribution is -0.139. The summed E-state index contributed by atoms with van der Waals surface area (Å²) in [5, 5.41) is 0. The van der Waals surface area contributed by atoms with Gasteiger partial charge in [0.25, 0.3) is 0 Å². The highest BCUT2D eigenvalue weighted by atomic mass is 19.4. The van der Waals surface area contributed by atoms with Gasteiger partial charge in [-0.25, -0.2) is 0 Å². The van der Waals surface area contributed by atoms with Crippen LogP contribution in [0.1, 0.15) is 25.8 Å². The van der Waals surface area contributed by atoms with Gasteiger partial charge in [0.1, 0.15) is 11.8 Å². The van der Waals surface area contributed by atoms with Crippen LogP contribution >= 0.6 is 0 Å². The van der Waals surface area contributed by atoms with Crippen LogP contribution in [0, 0.1) is 0 Å². The monoisotopic (exact) mass is 304 g/mol. The molecular formula is C14H19F3N2O2. The van der Waals surface area contributed by atoms with Gasteiger partial charge in [-0.2, -0.15) is 13.2 Å². The number of nitrogens with zero attached hydrogens (tertiary/aromatic N) is 2. The topological polar surface area (TPSA) is 28.9 Å². The Morgan fingerprint density at radius 3 is 2.71 bits per heavy atom. The van der Waals surface area contributed by atoms with Crippen molar-refractivity contribution in [3.05, 3.63) is 11.8 Å². The normalized spacial score (nSPS) is 23.5. The molecule has 1 atom stereocenters. The van der Waals surface area contributed by atoms with Gasteiger partial charge in [0.15, 0.2) is 5.75 Å². The molecule has 3 heterocycles. The summed E-state index contributed by atoms with van der Waals surface area (Å²) in [6.07, 6.45) is -2.98. The summed E-state index contributed by atoms with van der Waals surface area (Å²) < 4.78 is 49.5. The molecular weight excluding hydrogens is 285 g/mol. The van der Waals surface area contributed by atoms with E-state index in [2.05, 4.69) is 18.7 Å². The zero-order chi connectivity index (χ0) is 15.2. The van der Waals surface area contributed by atoms with Gasteiger partial charge in [-0.3, -0.25) is 4.90 Å². The van der Waals surface area contributed by atoms with Crippen LogP contribution in [0.25, 0.3) is 0 Å². The first-order chi connectivity index (χ1) is 9.88. The van der Waals surface area contributed by atoms with Gasteiger partial charge in [-0.05, 0) is 13.8 Å². The number of rotatable bonds is 1. The van der Waals surface area contributed by atoms with Crippen molar-refractivity contribution in [2.24, 2.45) is 0 Å². The first kappa shape index (κ1) is 14.6. The van der Waals surface area contributed by atoms with Crippen LogP contribution in [0.15, 0.2) is 10.7 Å². The second-order valence-corrected chi connectivity index (χ2v) is 5.85. The molecule has 7 heteroatoms. The molecule has 1 unspecified atom stereocenters. The Morgan fingerprint density at radius 1 is 1.29 bits per heavy atom. The maximum atomic E-state index is 13.0. The molecule has 0 N–H and O–H groups in total. The first-order valence-electron chi connectivity index (χ1n) is 7.20. The predicted molar refractivity (Wildman–Crippen MR) is 71.7 cm³/mol. The molecule has 0 spiro atoms. The number of ether oxygens (including phenoxy) is 1. The molecule has 2 aliphatic rings. The fraction of sp³-hybridized carbons (Fsp3) is 0.714. The molecule has 4 nitrogen and oxygen atoms in total. The van der Waals surface area contributed by atoms with Crippen LogP contribution < -0.4 is 9.64 Å². The van der Waals surface area contributed by atoms with E-state index in [9.17, 15) is 13.2 Å². The van der Waals surface area contributed by atoms with Crippen LogP contribution in [0.4, 0.5) is 19.1 Å². The molecule has 0 bridgehead atoms. The highest BCUT2D eigenvalue weighted by molar-refractivity contribution is 5.57. The molecule has 2 aliphatic heterocycles. The fourth-order valence-electron chi connectivity index (χ4n) is 3.03. The van der Waals surface area contributed by atoms with Gasteiger partial charge in [0.05, 0.1) is 6.61 Å². The highest BCUT2D eigenvalue weighted by Crippen LogP contribution is 2.45. The van der Waals surface area contributed by atoms with Crippen LogP contribution in [-0.4, -0.2) is 43.2 Å². The Bertz CT molecular complexity index is 513. The molecule has 0 aliphatic carbocycles. The van der Waals surface area contributed by atoms with E-state index in [1.807, 2.05) is 4.90 Å². The van der Waals surface area contributed by atoms with E-state index in [0.717, 1.165) is 19.4 Å². The lowest BCUT2D eigenvalue weighted by Gasteiger charge is -2.42. The van der Waals surface area contributed by atoms with E-state index >= 15 is 0 Å². The summed E-state index contributed by atoms with van der Waals surface area (Å²) in [6.45, 7) is 6.83. The Morgan fingerprint density at radius 2 is 2.05 bits per heavy atom. The number of fused-ring (bicyclic) bond motifs is 3. The van der Waals surface area contributed by atoms with Crippen LogP contribution in [0.3, 0.4) is 0 Å². The minimum absolute atomic E-state index is 0.134. The fourth-order valence-corrected chi connectivity index (χ4v) is 3.03. The van der Waals surface area contributed by atoms with Crippen LogP contribution in [0.2, 0.25) is 0 Å². The Kier molecular flexibility index (Phi) is 3.55. The third kappa shape index (κ3) is 2.59. The molecule has 1 saturated heterocycles. The minimum atomic E-state index is -4.45. The maximum Gasteiger partial charge on any atom is 0.423 e. The summed E-state index contributed by atoms with van der Waals surface area (Å²) in [7, 11) is 0. The van der Waals surface area contributed by atoms with Crippen molar-refractivity contribution in [1.29, 1.82) is 0 Å². The number of halogens is 3. The van der Waals surface area contributed by atoms with E-state index in [0.29, 0.717) is 19.0 Å². The quantitative estimate of drug-likeness (QED) is 0.797. The van der Waals surface area contributed by atoms with Crippen molar-refractivity contribution in [3.63, 3.8) is 0 Å². The molecule has 1 fully saturated rings. The van der Waals surface area contributed by atoms with Crippen molar-refractivity contribution in [3.8, 4) is 5.75 Å². The molecule has 1 aromatic heterocycles. The number of piperazine rings is 1. The Balaban J connectivity index is 1.90. The number of anilines is 1. The van der Waals surface area contributed by atoms with E-state index in [1.165, 1.54) is 0 Å². The third-order valence-corrected chi connectivity index (χ3v) is 4.24. The van der Waals surface area contributed by atoms with Gasteiger partial charge in [0, 0.05) is 38.1 Å². The Hall–Kier alpha value is -1.37. The summed E-state index contributed by atoms with van der Waals surface area (Å²) in [4.78, 5) is 4.26. The summed E-state index contributed by atoms with van der Waals surface area (Å²) in [5.41, 5.74) is -0.815.